The van der Waals surface area contributed by atoms with Crippen LogP contribution in [0.5, 0.6) is 0 Å². The minimum Gasteiger partial charge on any atom is -0.395 e. The van der Waals surface area contributed by atoms with E-state index in [1.54, 1.807) is 12.1 Å². The van der Waals surface area contributed by atoms with E-state index >= 15 is 0 Å². The molecule has 1 aromatic rings. The summed E-state index contributed by atoms with van der Waals surface area (Å²) in [4.78, 5) is 13.2. The lowest BCUT2D eigenvalue weighted by atomic mass is 10.3. The third-order valence-electron chi connectivity index (χ3n) is 2.34. The molecule has 0 heterocycles. The maximum absolute atomic E-state index is 13.3. The molecule has 0 aliphatic carbocycles. The quantitative estimate of drug-likeness (QED) is 0.806. The molecule has 18 heavy (non-hydrogen) atoms. The highest BCUT2D eigenvalue weighted by Crippen LogP contribution is 2.12. The SMILES string of the molecule is COCCN(CCO)C(=O)Nc1ccccc1F. The molecule has 0 aliphatic rings. The minimum absolute atomic E-state index is 0.114. The van der Waals surface area contributed by atoms with Crippen molar-refractivity contribution in [2.75, 3.05) is 38.7 Å². The van der Waals surface area contributed by atoms with Gasteiger partial charge in [0.2, 0.25) is 0 Å². The number of carbonyl (C=O) groups is 1. The average molecular weight is 256 g/mol. The standard InChI is InChI=1S/C12H17FN2O3/c1-18-9-7-15(6-8-16)12(17)14-11-5-3-2-4-10(11)13/h2-5,16H,6-9H2,1H3,(H,14,17). The van der Waals surface area contributed by atoms with Gasteiger partial charge in [0.25, 0.3) is 0 Å². The predicted octanol–water partition coefficient (Wildman–Crippen LogP) is 1.30. The van der Waals surface area contributed by atoms with Crippen LogP contribution in [-0.4, -0.2) is 49.5 Å². The first-order chi connectivity index (χ1) is 8.69. The monoisotopic (exact) mass is 256 g/mol. The number of urea groups is 1. The summed E-state index contributed by atoms with van der Waals surface area (Å²) in [7, 11) is 1.52. The number of benzene rings is 1. The number of aliphatic hydroxyl groups is 1. The molecule has 5 nitrogen and oxygen atoms in total. The van der Waals surface area contributed by atoms with E-state index in [4.69, 9.17) is 9.84 Å². The second-order valence-corrected chi connectivity index (χ2v) is 3.61. The Bertz CT molecular complexity index is 387. The number of nitrogens with one attached hydrogen (secondary N) is 1. The zero-order chi connectivity index (χ0) is 13.4. The highest BCUT2D eigenvalue weighted by Gasteiger charge is 2.14. The van der Waals surface area contributed by atoms with Crippen LogP contribution in [0, 0.1) is 5.82 Å². The fourth-order valence-electron chi connectivity index (χ4n) is 1.39. The van der Waals surface area contributed by atoms with E-state index in [9.17, 15) is 9.18 Å². The van der Waals surface area contributed by atoms with Gasteiger partial charge in [-0.25, -0.2) is 9.18 Å². The highest BCUT2D eigenvalue weighted by atomic mass is 19.1. The van der Waals surface area contributed by atoms with Crippen molar-refractivity contribution in [3.63, 3.8) is 0 Å². The third kappa shape index (κ3) is 4.31. The van der Waals surface area contributed by atoms with Crippen molar-refractivity contribution < 1.29 is 19.0 Å². The van der Waals surface area contributed by atoms with Crippen LogP contribution in [-0.2, 0) is 4.74 Å². The topological polar surface area (TPSA) is 61.8 Å². The molecule has 0 spiro atoms. The zero-order valence-corrected chi connectivity index (χ0v) is 10.2. The number of halogens is 1. The van der Waals surface area contributed by atoms with Gasteiger partial charge in [-0.1, -0.05) is 12.1 Å². The second-order valence-electron chi connectivity index (χ2n) is 3.61. The van der Waals surface area contributed by atoms with Gasteiger partial charge < -0.3 is 20.1 Å². The number of aliphatic hydroxyl groups excluding tert-OH is 1. The molecule has 1 aromatic carbocycles. The third-order valence-corrected chi connectivity index (χ3v) is 2.34. The summed E-state index contributed by atoms with van der Waals surface area (Å²) in [5.41, 5.74) is 0.114. The van der Waals surface area contributed by atoms with Gasteiger partial charge in [0.1, 0.15) is 5.82 Å². The number of anilines is 1. The number of rotatable bonds is 6. The second kappa shape index (κ2) is 7.62. The van der Waals surface area contributed by atoms with E-state index in [0.29, 0.717) is 13.2 Å². The smallest absolute Gasteiger partial charge is 0.322 e. The predicted molar refractivity (Wildman–Crippen MR) is 66.0 cm³/mol. The Labute approximate surface area is 105 Å². The van der Waals surface area contributed by atoms with E-state index < -0.39 is 11.8 Å². The molecule has 0 saturated carbocycles. The van der Waals surface area contributed by atoms with Crippen LogP contribution in [0.4, 0.5) is 14.9 Å². The van der Waals surface area contributed by atoms with Crippen LogP contribution >= 0.6 is 0 Å². The van der Waals surface area contributed by atoms with Gasteiger partial charge in [0.05, 0.1) is 18.9 Å². The molecule has 0 unspecified atom stereocenters. The van der Waals surface area contributed by atoms with Crippen LogP contribution in [0.2, 0.25) is 0 Å². The number of hydrogen-bond donors (Lipinski definition) is 2. The van der Waals surface area contributed by atoms with Crippen LogP contribution in [0.25, 0.3) is 0 Å². The molecule has 0 bridgehead atoms. The van der Waals surface area contributed by atoms with E-state index in [2.05, 4.69) is 5.32 Å². The summed E-state index contributed by atoms with van der Waals surface area (Å²) in [5.74, 6) is -0.499. The van der Waals surface area contributed by atoms with Gasteiger partial charge in [-0.15, -0.1) is 0 Å². The van der Waals surface area contributed by atoms with Crippen LogP contribution in [0.3, 0.4) is 0 Å². The normalized spacial score (nSPS) is 10.2. The van der Waals surface area contributed by atoms with Crippen molar-refractivity contribution in [2.24, 2.45) is 0 Å². The van der Waals surface area contributed by atoms with Gasteiger partial charge in [0.15, 0.2) is 0 Å². The maximum Gasteiger partial charge on any atom is 0.322 e. The fraction of sp³-hybridized carbons (Fsp3) is 0.417. The number of hydrogen-bond acceptors (Lipinski definition) is 3. The van der Waals surface area contributed by atoms with Crippen LogP contribution in [0.1, 0.15) is 0 Å². The number of ether oxygens (including phenoxy) is 1. The number of methoxy groups -OCH3 is 1. The van der Waals surface area contributed by atoms with Crippen molar-refractivity contribution in [3.8, 4) is 0 Å². The maximum atomic E-state index is 13.3. The molecular formula is C12H17FN2O3. The lowest BCUT2D eigenvalue weighted by Gasteiger charge is -2.21. The Kier molecular flexibility index (Phi) is 6.10. The average Bonchev–Trinajstić information content (AvgIpc) is 2.37. The number of amides is 2. The van der Waals surface area contributed by atoms with E-state index in [1.807, 2.05) is 0 Å². The Morgan fingerprint density at radius 3 is 2.78 bits per heavy atom. The summed E-state index contributed by atoms with van der Waals surface area (Å²) in [6.07, 6.45) is 0. The van der Waals surface area contributed by atoms with E-state index in [1.165, 1.54) is 24.1 Å². The lowest BCUT2D eigenvalue weighted by molar-refractivity contribution is 0.142. The van der Waals surface area contributed by atoms with Gasteiger partial charge >= 0.3 is 6.03 Å². The lowest BCUT2D eigenvalue weighted by Crippen LogP contribution is -2.39. The van der Waals surface area contributed by atoms with Gasteiger partial charge in [-0.2, -0.15) is 0 Å². The minimum atomic E-state index is -0.499. The van der Waals surface area contributed by atoms with Crippen molar-refractivity contribution in [2.45, 2.75) is 0 Å². The van der Waals surface area contributed by atoms with Crippen molar-refractivity contribution >= 4 is 11.7 Å². The largest absolute Gasteiger partial charge is 0.395 e. The summed E-state index contributed by atoms with van der Waals surface area (Å²) in [6, 6.07) is 5.44. The molecule has 0 radical (unpaired) electrons. The van der Waals surface area contributed by atoms with Gasteiger partial charge in [-0.3, -0.25) is 0 Å². The number of para-hydroxylation sites is 1. The van der Waals surface area contributed by atoms with Crippen LogP contribution < -0.4 is 5.32 Å². The van der Waals surface area contributed by atoms with E-state index in [0.717, 1.165) is 0 Å². The first-order valence-corrected chi connectivity index (χ1v) is 5.59. The molecule has 2 amide bonds. The Morgan fingerprint density at radius 1 is 1.44 bits per heavy atom. The summed E-state index contributed by atoms with van der Waals surface area (Å²) >= 11 is 0. The van der Waals surface area contributed by atoms with Gasteiger partial charge in [-0.05, 0) is 12.1 Å². The Hall–Kier alpha value is -1.66. The molecule has 0 aromatic heterocycles. The summed E-state index contributed by atoms with van der Waals surface area (Å²) < 4.78 is 18.2. The van der Waals surface area contributed by atoms with Crippen LogP contribution in [0.15, 0.2) is 24.3 Å². The molecular weight excluding hydrogens is 239 g/mol. The first kappa shape index (κ1) is 14.4. The fourth-order valence-corrected chi connectivity index (χ4v) is 1.39. The van der Waals surface area contributed by atoms with E-state index in [-0.39, 0.29) is 18.8 Å². The first-order valence-electron chi connectivity index (χ1n) is 5.59. The molecule has 0 fully saturated rings. The van der Waals surface area contributed by atoms with Crippen molar-refractivity contribution in [3.05, 3.63) is 30.1 Å². The Morgan fingerprint density at radius 2 is 2.17 bits per heavy atom. The molecule has 0 aliphatic heterocycles. The van der Waals surface area contributed by atoms with Crippen molar-refractivity contribution in [1.29, 1.82) is 0 Å². The number of nitrogens with zero attached hydrogens (tertiary/aromatic N) is 1. The van der Waals surface area contributed by atoms with Gasteiger partial charge in [0, 0.05) is 20.2 Å². The summed E-state index contributed by atoms with van der Waals surface area (Å²) in [5, 5.41) is 11.3. The molecule has 100 valence electrons. The molecule has 0 atom stereocenters. The molecule has 0 saturated heterocycles. The Balaban J connectivity index is 2.63. The molecule has 6 heteroatoms. The molecule has 2 N–H and O–H groups in total. The summed E-state index contributed by atoms with van der Waals surface area (Å²) in [6.45, 7) is 0.695. The van der Waals surface area contributed by atoms with Crippen molar-refractivity contribution in [1.82, 2.24) is 4.90 Å². The number of carbonyl (C=O) groups excluding carboxylic acids is 1. The molecule has 1 rings (SSSR count). The highest BCUT2D eigenvalue weighted by molar-refractivity contribution is 5.89. The zero-order valence-electron chi connectivity index (χ0n) is 10.2.